The molecule has 0 heteroatoms. The van der Waals surface area contributed by atoms with Crippen molar-refractivity contribution in [2.45, 2.75) is 46.0 Å². The predicted molar refractivity (Wildman–Crippen MR) is 66.4 cm³/mol. The molecule has 0 aromatic carbocycles. The first kappa shape index (κ1) is 13.2. The smallest absolute Gasteiger partial charge is 0.0199 e. The van der Waals surface area contributed by atoms with Crippen molar-refractivity contribution >= 4 is 0 Å². The molecule has 0 rings (SSSR count). The summed E-state index contributed by atoms with van der Waals surface area (Å²) in [5.74, 6) is 0.652. The van der Waals surface area contributed by atoms with E-state index in [0.29, 0.717) is 5.92 Å². The van der Waals surface area contributed by atoms with Gasteiger partial charge < -0.3 is 0 Å². The topological polar surface area (TPSA) is 0 Å². The maximum atomic E-state index is 3.88. The van der Waals surface area contributed by atoms with Crippen LogP contribution in [0.5, 0.6) is 0 Å². The highest BCUT2D eigenvalue weighted by Crippen LogP contribution is 2.13. The van der Waals surface area contributed by atoms with Gasteiger partial charge in [-0.3, -0.25) is 0 Å². The number of allylic oxidation sites excluding steroid dienone is 5. The Hall–Kier alpha value is -0.780. The van der Waals surface area contributed by atoms with E-state index in [-0.39, 0.29) is 0 Å². The van der Waals surface area contributed by atoms with Gasteiger partial charge in [-0.2, -0.15) is 0 Å². The molecule has 0 spiro atoms. The first-order valence-corrected chi connectivity index (χ1v) is 5.77. The Labute approximate surface area is 89.4 Å². The van der Waals surface area contributed by atoms with Crippen LogP contribution < -0.4 is 0 Å². The second-order valence-electron chi connectivity index (χ2n) is 3.57. The van der Waals surface area contributed by atoms with E-state index in [9.17, 15) is 0 Å². The summed E-state index contributed by atoms with van der Waals surface area (Å²) in [4.78, 5) is 0. The molecule has 0 aliphatic carbocycles. The van der Waals surface area contributed by atoms with Crippen molar-refractivity contribution in [2.75, 3.05) is 0 Å². The van der Waals surface area contributed by atoms with Gasteiger partial charge in [0.25, 0.3) is 0 Å². The Kier molecular flexibility index (Phi) is 9.73. The molecule has 0 aliphatic heterocycles. The van der Waals surface area contributed by atoms with Gasteiger partial charge in [0.1, 0.15) is 0 Å². The van der Waals surface area contributed by atoms with Crippen molar-refractivity contribution in [3.63, 3.8) is 0 Å². The van der Waals surface area contributed by atoms with Crippen molar-refractivity contribution in [2.24, 2.45) is 5.92 Å². The van der Waals surface area contributed by atoms with Crippen molar-refractivity contribution in [1.82, 2.24) is 0 Å². The Balaban J connectivity index is 3.62. The molecule has 14 heavy (non-hydrogen) atoms. The van der Waals surface area contributed by atoms with Crippen molar-refractivity contribution in [3.05, 3.63) is 37.0 Å². The average Bonchev–Trinajstić information content (AvgIpc) is 2.22. The van der Waals surface area contributed by atoms with Crippen LogP contribution in [0, 0.1) is 5.92 Å². The van der Waals surface area contributed by atoms with Crippen molar-refractivity contribution < 1.29 is 0 Å². The highest BCUT2D eigenvalue weighted by atomic mass is 14.0. The summed E-state index contributed by atoms with van der Waals surface area (Å²) in [5, 5.41) is 0. The molecule has 0 fully saturated rings. The quantitative estimate of drug-likeness (QED) is 0.480. The average molecular weight is 192 g/mol. The summed E-state index contributed by atoms with van der Waals surface area (Å²) in [6.45, 7) is 8.22. The maximum Gasteiger partial charge on any atom is -0.0199 e. The van der Waals surface area contributed by atoms with E-state index in [0.717, 1.165) is 19.3 Å². The number of rotatable bonds is 8. The fraction of sp³-hybridized carbons (Fsp3) is 0.571. The normalized spacial score (nSPS) is 13.9. The Bertz CT molecular complexity index is 174. The minimum absolute atomic E-state index is 0.652. The van der Waals surface area contributed by atoms with E-state index in [1.54, 1.807) is 0 Å². The minimum Gasteiger partial charge on any atom is -0.103 e. The number of hydrogen-bond donors (Lipinski definition) is 0. The summed E-state index contributed by atoms with van der Waals surface area (Å²) >= 11 is 0. The summed E-state index contributed by atoms with van der Waals surface area (Å²) in [6, 6.07) is 0. The third-order valence-electron chi connectivity index (χ3n) is 2.28. The van der Waals surface area contributed by atoms with Crippen LogP contribution in [-0.2, 0) is 0 Å². The number of hydrogen-bond acceptors (Lipinski definition) is 0. The largest absolute Gasteiger partial charge is 0.103 e. The standard InChI is InChI=1S/C14H24/c1-4-7-9-11-13-14(6-3)12-10-8-5-2/h6-10,14H,3-5,11-13H2,1-2H3/b9-7-,10-8+. The summed E-state index contributed by atoms with van der Waals surface area (Å²) in [7, 11) is 0. The fourth-order valence-electron chi connectivity index (χ4n) is 1.36. The molecule has 80 valence electrons. The van der Waals surface area contributed by atoms with Gasteiger partial charge in [-0.1, -0.05) is 44.2 Å². The van der Waals surface area contributed by atoms with Crippen LogP contribution in [0.2, 0.25) is 0 Å². The van der Waals surface area contributed by atoms with Gasteiger partial charge in [0.2, 0.25) is 0 Å². The highest BCUT2D eigenvalue weighted by Gasteiger charge is 1.99. The zero-order valence-corrected chi connectivity index (χ0v) is 9.71. The lowest BCUT2D eigenvalue weighted by Crippen LogP contribution is -1.93. The lowest BCUT2D eigenvalue weighted by Gasteiger charge is -2.07. The lowest BCUT2D eigenvalue weighted by molar-refractivity contribution is 0.607. The van der Waals surface area contributed by atoms with Gasteiger partial charge in [0.05, 0.1) is 0 Å². The van der Waals surface area contributed by atoms with Crippen LogP contribution in [-0.4, -0.2) is 0 Å². The van der Waals surface area contributed by atoms with E-state index in [4.69, 9.17) is 0 Å². The third kappa shape index (κ3) is 7.85. The van der Waals surface area contributed by atoms with Gasteiger partial charge in [-0.25, -0.2) is 0 Å². The van der Waals surface area contributed by atoms with E-state index in [1.165, 1.54) is 12.8 Å². The predicted octanol–water partition coefficient (Wildman–Crippen LogP) is 4.89. The first-order valence-electron chi connectivity index (χ1n) is 5.77. The molecule has 0 nitrogen and oxygen atoms in total. The summed E-state index contributed by atoms with van der Waals surface area (Å²) in [5.41, 5.74) is 0. The van der Waals surface area contributed by atoms with Crippen LogP contribution in [0.1, 0.15) is 46.0 Å². The first-order chi connectivity index (χ1) is 6.85. The van der Waals surface area contributed by atoms with Gasteiger partial charge in [-0.15, -0.1) is 6.58 Å². The molecule has 0 saturated carbocycles. The van der Waals surface area contributed by atoms with E-state index in [1.807, 2.05) is 0 Å². The van der Waals surface area contributed by atoms with Gasteiger partial charge in [0, 0.05) is 0 Å². The van der Waals surface area contributed by atoms with Crippen LogP contribution >= 0.6 is 0 Å². The third-order valence-corrected chi connectivity index (χ3v) is 2.28. The zero-order chi connectivity index (χ0) is 10.6. The molecule has 0 bridgehead atoms. The van der Waals surface area contributed by atoms with Crippen molar-refractivity contribution in [3.8, 4) is 0 Å². The molecular weight excluding hydrogens is 168 g/mol. The molecule has 0 amide bonds. The lowest BCUT2D eigenvalue weighted by atomic mass is 9.99. The molecule has 0 aromatic rings. The maximum absolute atomic E-state index is 3.88. The van der Waals surface area contributed by atoms with Crippen LogP contribution in [0.4, 0.5) is 0 Å². The van der Waals surface area contributed by atoms with Gasteiger partial charge in [-0.05, 0) is 38.0 Å². The van der Waals surface area contributed by atoms with E-state index in [2.05, 4.69) is 50.8 Å². The second kappa shape index (κ2) is 10.3. The summed E-state index contributed by atoms with van der Waals surface area (Å²) in [6.07, 6.45) is 17.0. The Morgan fingerprint density at radius 2 is 1.64 bits per heavy atom. The molecule has 0 saturated heterocycles. The SMILES string of the molecule is C=CC(C/C=C/CC)CC/C=C\CC. The summed E-state index contributed by atoms with van der Waals surface area (Å²) < 4.78 is 0. The highest BCUT2D eigenvalue weighted by molar-refractivity contribution is 4.91. The van der Waals surface area contributed by atoms with Crippen LogP contribution in [0.25, 0.3) is 0 Å². The molecule has 0 aromatic heterocycles. The van der Waals surface area contributed by atoms with Crippen molar-refractivity contribution in [1.29, 1.82) is 0 Å². The van der Waals surface area contributed by atoms with Gasteiger partial charge in [0.15, 0.2) is 0 Å². The molecule has 0 aliphatic rings. The molecule has 1 unspecified atom stereocenters. The molecule has 0 heterocycles. The fourth-order valence-corrected chi connectivity index (χ4v) is 1.36. The minimum atomic E-state index is 0.652. The molecule has 0 N–H and O–H groups in total. The van der Waals surface area contributed by atoms with Gasteiger partial charge >= 0.3 is 0 Å². The molecular formula is C14H24. The van der Waals surface area contributed by atoms with Crippen LogP contribution in [0.15, 0.2) is 37.0 Å². The Morgan fingerprint density at radius 3 is 2.21 bits per heavy atom. The van der Waals surface area contributed by atoms with Crippen LogP contribution in [0.3, 0.4) is 0 Å². The molecule has 0 radical (unpaired) electrons. The zero-order valence-electron chi connectivity index (χ0n) is 9.71. The Morgan fingerprint density at radius 1 is 1.00 bits per heavy atom. The van der Waals surface area contributed by atoms with E-state index >= 15 is 0 Å². The second-order valence-corrected chi connectivity index (χ2v) is 3.57. The van der Waals surface area contributed by atoms with E-state index < -0.39 is 0 Å². The molecule has 1 atom stereocenters. The monoisotopic (exact) mass is 192 g/mol.